The fraction of sp³-hybridized carbons (Fsp3) is 0.350. The molecule has 0 spiro atoms. The van der Waals surface area contributed by atoms with Gasteiger partial charge >= 0.3 is 0 Å². The van der Waals surface area contributed by atoms with E-state index in [-0.39, 0.29) is 15.8 Å². The van der Waals surface area contributed by atoms with E-state index in [1.165, 1.54) is 12.1 Å². The molecule has 0 aromatic heterocycles. The average molecular weight is 407 g/mol. The van der Waals surface area contributed by atoms with E-state index in [9.17, 15) is 13.2 Å². The molecule has 27 heavy (non-hydrogen) atoms. The van der Waals surface area contributed by atoms with E-state index in [2.05, 4.69) is 4.72 Å². The van der Waals surface area contributed by atoms with Crippen LogP contribution in [0.5, 0.6) is 0 Å². The van der Waals surface area contributed by atoms with Crippen molar-refractivity contribution in [3.63, 3.8) is 0 Å². The number of aryl methyl sites for hydroxylation is 1. The fourth-order valence-electron chi connectivity index (χ4n) is 3.19. The Morgan fingerprint density at radius 1 is 1.04 bits per heavy atom. The highest BCUT2D eigenvalue weighted by Crippen LogP contribution is 2.27. The molecule has 2 aromatic rings. The zero-order chi connectivity index (χ0) is 19.4. The lowest BCUT2D eigenvalue weighted by Gasteiger charge is -2.21. The molecule has 1 aliphatic heterocycles. The van der Waals surface area contributed by atoms with Crippen LogP contribution >= 0.6 is 11.6 Å². The molecule has 1 saturated heterocycles. The molecule has 0 unspecified atom stereocenters. The number of carbonyl (C=O) groups excluding carboxylic acids is 1. The third-order valence-corrected chi connectivity index (χ3v) is 6.60. The molecule has 1 N–H and O–H groups in total. The highest BCUT2D eigenvalue weighted by Gasteiger charge is 2.23. The third-order valence-electron chi connectivity index (χ3n) is 4.75. The number of likely N-dealkylation sites (tertiary alicyclic amines) is 1. The maximum absolute atomic E-state index is 12.9. The highest BCUT2D eigenvalue weighted by atomic mass is 35.5. The van der Waals surface area contributed by atoms with Crippen molar-refractivity contribution in [2.45, 2.75) is 37.5 Å². The number of carbonyl (C=O) groups is 1. The number of hydrogen-bond acceptors (Lipinski definition) is 3. The summed E-state index contributed by atoms with van der Waals surface area (Å²) >= 11 is 6.16. The maximum atomic E-state index is 12.9. The van der Waals surface area contributed by atoms with Crippen LogP contribution in [0.25, 0.3) is 0 Å². The summed E-state index contributed by atoms with van der Waals surface area (Å²) in [5, 5.41) is 0.0866. The van der Waals surface area contributed by atoms with Crippen LogP contribution in [0, 0.1) is 6.92 Å². The van der Waals surface area contributed by atoms with Crippen LogP contribution < -0.4 is 4.72 Å². The Hall–Kier alpha value is -2.05. The van der Waals surface area contributed by atoms with Gasteiger partial charge in [0.15, 0.2) is 0 Å². The Morgan fingerprint density at radius 2 is 1.70 bits per heavy atom. The molecular formula is C20H23ClN2O3S. The lowest BCUT2D eigenvalue weighted by atomic mass is 10.2. The van der Waals surface area contributed by atoms with E-state index >= 15 is 0 Å². The predicted molar refractivity (Wildman–Crippen MR) is 108 cm³/mol. The molecule has 7 heteroatoms. The van der Waals surface area contributed by atoms with Gasteiger partial charge in [0.1, 0.15) is 4.90 Å². The van der Waals surface area contributed by atoms with Crippen molar-refractivity contribution in [2.24, 2.45) is 0 Å². The van der Waals surface area contributed by atoms with E-state index in [1.807, 2.05) is 19.1 Å². The molecule has 0 saturated carbocycles. The van der Waals surface area contributed by atoms with Crippen LogP contribution in [-0.2, 0) is 10.0 Å². The van der Waals surface area contributed by atoms with Crippen LogP contribution in [0.2, 0.25) is 5.02 Å². The number of rotatable bonds is 4. The quantitative estimate of drug-likeness (QED) is 0.814. The van der Waals surface area contributed by atoms with Gasteiger partial charge in [0.2, 0.25) is 0 Å². The lowest BCUT2D eigenvalue weighted by Crippen LogP contribution is -2.32. The molecule has 1 aliphatic rings. The summed E-state index contributed by atoms with van der Waals surface area (Å²) in [7, 11) is -3.91. The van der Waals surface area contributed by atoms with Crippen LogP contribution in [0.4, 0.5) is 5.69 Å². The summed E-state index contributed by atoms with van der Waals surface area (Å²) in [6.45, 7) is 3.22. The van der Waals surface area contributed by atoms with Crippen LogP contribution in [0.3, 0.4) is 0 Å². The predicted octanol–water partition coefficient (Wildman–Crippen LogP) is 4.47. The van der Waals surface area contributed by atoms with E-state index in [0.29, 0.717) is 24.3 Å². The van der Waals surface area contributed by atoms with Gasteiger partial charge in [0.05, 0.1) is 10.7 Å². The topological polar surface area (TPSA) is 66.5 Å². The van der Waals surface area contributed by atoms with Gasteiger partial charge in [0.25, 0.3) is 15.9 Å². The number of para-hydroxylation sites is 1. The normalized spacial score (nSPS) is 15.3. The molecule has 5 nitrogen and oxygen atoms in total. The molecule has 1 fully saturated rings. The molecule has 0 aliphatic carbocycles. The molecule has 0 radical (unpaired) electrons. The molecule has 0 bridgehead atoms. The standard InChI is InChI=1S/C20H23ClN2O3S/c1-15-8-4-5-9-18(15)22-27(25,26)19-14-16(10-11-17(19)21)20(24)23-12-6-2-3-7-13-23/h4-5,8-11,14,22H,2-3,6-7,12-13H2,1H3. The number of hydrogen-bond donors (Lipinski definition) is 1. The molecule has 1 amide bonds. The fourth-order valence-corrected chi connectivity index (χ4v) is 4.84. The second-order valence-corrected chi connectivity index (χ2v) is 8.83. The minimum absolute atomic E-state index is 0.0866. The number of halogens is 1. The SMILES string of the molecule is Cc1ccccc1NS(=O)(=O)c1cc(C(=O)N2CCCCCC2)ccc1Cl. The van der Waals surface area contributed by atoms with Gasteiger partial charge in [-0.25, -0.2) is 8.42 Å². The first-order valence-electron chi connectivity index (χ1n) is 9.06. The second kappa shape index (κ2) is 8.31. The Labute approximate surface area is 165 Å². The first kappa shape index (κ1) is 19.7. The average Bonchev–Trinajstić information content (AvgIpc) is 2.92. The Morgan fingerprint density at radius 3 is 2.37 bits per heavy atom. The van der Waals surface area contributed by atoms with Crippen molar-refractivity contribution in [2.75, 3.05) is 17.8 Å². The summed E-state index contributed by atoms with van der Waals surface area (Å²) in [6.07, 6.45) is 4.17. The van der Waals surface area contributed by atoms with E-state index in [0.717, 1.165) is 31.2 Å². The van der Waals surface area contributed by atoms with Crippen molar-refractivity contribution < 1.29 is 13.2 Å². The highest BCUT2D eigenvalue weighted by molar-refractivity contribution is 7.92. The number of nitrogens with one attached hydrogen (secondary N) is 1. The van der Waals surface area contributed by atoms with Crippen molar-refractivity contribution in [3.05, 3.63) is 58.6 Å². The van der Waals surface area contributed by atoms with Gasteiger partial charge in [0, 0.05) is 18.7 Å². The van der Waals surface area contributed by atoms with Crippen LogP contribution in [-0.4, -0.2) is 32.3 Å². The lowest BCUT2D eigenvalue weighted by molar-refractivity contribution is 0.0761. The van der Waals surface area contributed by atoms with Crippen molar-refractivity contribution >= 4 is 33.2 Å². The van der Waals surface area contributed by atoms with Crippen molar-refractivity contribution in [3.8, 4) is 0 Å². The second-order valence-electron chi connectivity index (χ2n) is 6.77. The first-order chi connectivity index (χ1) is 12.9. The first-order valence-corrected chi connectivity index (χ1v) is 10.9. The van der Waals surface area contributed by atoms with Gasteiger partial charge in [-0.2, -0.15) is 0 Å². The molecule has 144 valence electrons. The zero-order valence-corrected chi connectivity index (χ0v) is 16.8. The van der Waals surface area contributed by atoms with E-state index in [1.54, 1.807) is 23.1 Å². The summed E-state index contributed by atoms with van der Waals surface area (Å²) in [6, 6.07) is 11.5. The Balaban J connectivity index is 1.90. The van der Waals surface area contributed by atoms with Crippen molar-refractivity contribution in [1.29, 1.82) is 0 Å². The number of amides is 1. The zero-order valence-electron chi connectivity index (χ0n) is 15.2. The maximum Gasteiger partial charge on any atom is 0.263 e. The molecule has 2 aromatic carbocycles. The van der Waals surface area contributed by atoms with Gasteiger partial charge in [-0.3, -0.25) is 9.52 Å². The smallest absolute Gasteiger partial charge is 0.263 e. The van der Waals surface area contributed by atoms with E-state index < -0.39 is 10.0 Å². The molecule has 1 heterocycles. The summed E-state index contributed by atoms with van der Waals surface area (Å²) in [4.78, 5) is 14.5. The van der Waals surface area contributed by atoms with Gasteiger partial charge < -0.3 is 4.90 Å². The monoisotopic (exact) mass is 406 g/mol. The number of nitrogens with zero attached hydrogens (tertiary/aromatic N) is 1. The number of anilines is 1. The minimum Gasteiger partial charge on any atom is -0.339 e. The number of sulfonamides is 1. The largest absolute Gasteiger partial charge is 0.339 e. The van der Waals surface area contributed by atoms with Gasteiger partial charge in [-0.1, -0.05) is 42.6 Å². The number of benzene rings is 2. The summed E-state index contributed by atoms with van der Waals surface area (Å²) < 4.78 is 28.3. The van der Waals surface area contributed by atoms with Crippen molar-refractivity contribution in [1.82, 2.24) is 4.90 Å². The summed E-state index contributed by atoms with van der Waals surface area (Å²) in [5.74, 6) is -0.152. The molecule has 0 atom stereocenters. The summed E-state index contributed by atoms with van der Waals surface area (Å²) in [5.41, 5.74) is 1.62. The van der Waals surface area contributed by atoms with Gasteiger partial charge in [-0.05, 0) is 49.6 Å². The van der Waals surface area contributed by atoms with Crippen LogP contribution in [0.15, 0.2) is 47.4 Å². The van der Waals surface area contributed by atoms with Gasteiger partial charge in [-0.15, -0.1) is 0 Å². The third kappa shape index (κ3) is 4.62. The Bertz CT molecular complexity index is 936. The molecular weight excluding hydrogens is 384 g/mol. The molecule has 3 rings (SSSR count). The minimum atomic E-state index is -3.91. The Kier molecular flexibility index (Phi) is 6.07. The van der Waals surface area contributed by atoms with Crippen LogP contribution in [0.1, 0.15) is 41.6 Å². The van der Waals surface area contributed by atoms with E-state index in [4.69, 9.17) is 11.6 Å².